The number of fused-ring (bicyclic) bond motifs is 6. The topological polar surface area (TPSA) is 106 Å². The van der Waals surface area contributed by atoms with Crippen LogP contribution in [-0.4, -0.2) is 10.2 Å². The molecule has 3 aromatic rings. The molecule has 0 aromatic heterocycles. The summed E-state index contributed by atoms with van der Waals surface area (Å²) < 4.78 is 12.7. The van der Waals surface area contributed by atoms with Crippen molar-refractivity contribution >= 4 is 0 Å². The lowest BCUT2D eigenvalue weighted by molar-refractivity contribution is 0.346. The number of phenolic OH excluding ortho intramolecular Hbond substituents is 2. The Bertz CT molecular complexity index is 1650. The first-order chi connectivity index (χ1) is 17.4. The molecule has 1 unspecified atom stereocenters. The standard InChI is InChI=1S/C31H28N2O4/c1-15-23-19(9-21(34)25(15)35)29(3,4)13-31(23)14-30(5,6)20-10-22-26(16(2)24(20)31)37-28-18(12-33)8-7-17(11-32)27(28)36-22/h7-10,34-35H,13-14H2,1-6H3. The summed E-state index contributed by atoms with van der Waals surface area (Å²) in [7, 11) is 0. The molecule has 2 aliphatic carbocycles. The van der Waals surface area contributed by atoms with Crippen molar-refractivity contribution in [1.29, 1.82) is 10.5 Å². The molecule has 0 fully saturated rings. The largest absolute Gasteiger partial charge is 0.504 e. The van der Waals surface area contributed by atoms with Crippen LogP contribution in [0.15, 0.2) is 24.3 Å². The number of hydrogen-bond acceptors (Lipinski definition) is 6. The van der Waals surface area contributed by atoms with Gasteiger partial charge in [0.25, 0.3) is 0 Å². The first-order valence-electron chi connectivity index (χ1n) is 12.4. The number of rotatable bonds is 0. The molecule has 3 aliphatic rings. The van der Waals surface area contributed by atoms with E-state index in [-0.39, 0.29) is 33.8 Å². The Morgan fingerprint density at radius 1 is 0.757 bits per heavy atom. The molecule has 6 heteroatoms. The quantitative estimate of drug-likeness (QED) is 0.256. The highest BCUT2D eigenvalue weighted by Crippen LogP contribution is 2.67. The van der Waals surface area contributed by atoms with E-state index in [0.29, 0.717) is 28.2 Å². The Labute approximate surface area is 216 Å². The zero-order valence-electron chi connectivity index (χ0n) is 21.8. The van der Waals surface area contributed by atoms with Crippen LogP contribution in [0.5, 0.6) is 34.5 Å². The molecule has 2 N–H and O–H groups in total. The van der Waals surface area contributed by atoms with Gasteiger partial charge in [0.15, 0.2) is 34.5 Å². The van der Waals surface area contributed by atoms with E-state index in [2.05, 4.69) is 39.8 Å². The van der Waals surface area contributed by atoms with E-state index < -0.39 is 5.41 Å². The Morgan fingerprint density at radius 2 is 1.27 bits per heavy atom. The maximum absolute atomic E-state index is 10.8. The average molecular weight is 493 g/mol. The van der Waals surface area contributed by atoms with Gasteiger partial charge in [0.2, 0.25) is 0 Å². The summed E-state index contributed by atoms with van der Waals surface area (Å²) in [5, 5.41) is 40.6. The first kappa shape index (κ1) is 23.3. The molecule has 0 amide bonds. The second-order valence-corrected chi connectivity index (χ2v) is 12.0. The molecule has 6 nitrogen and oxygen atoms in total. The van der Waals surface area contributed by atoms with E-state index in [1.807, 2.05) is 19.9 Å². The fourth-order valence-corrected chi connectivity index (χ4v) is 7.46. The van der Waals surface area contributed by atoms with Gasteiger partial charge in [0.1, 0.15) is 12.1 Å². The van der Waals surface area contributed by atoms with E-state index in [9.17, 15) is 20.7 Å². The van der Waals surface area contributed by atoms with Crippen LogP contribution in [0.1, 0.15) is 85.0 Å². The van der Waals surface area contributed by atoms with E-state index >= 15 is 0 Å². The molecule has 1 atom stereocenters. The minimum Gasteiger partial charge on any atom is -0.504 e. The van der Waals surface area contributed by atoms with Gasteiger partial charge in [-0.3, -0.25) is 0 Å². The van der Waals surface area contributed by atoms with Crippen molar-refractivity contribution in [3.8, 4) is 46.6 Å². The summed E-state index contributed by atoms with van der Waals surface area (Å²) in [5.74, 6) is 1.43. The minimum atomic E-state index is -0.401. The second-order valence-electron chi connectivity index (χ2n) is 12.0. The van der Waals surface area contributed by atoms with Gasteiger partial charge < -0.3 is 19.7 Å². The number of phenols is 2. The molecule has 0 radical (unpaired) electrons. The zero-order valence-corrected chi connectivity index (χ0v) is 21.8. The van der Waals surface area contributed by atoms with Crippen LogP contribution in [0.4, 0.5) is 0 Å². The van der Waals surface area contributed by atoms with Gasteiger partial charge in [-0.1, -0.05) is 27.7 Å². The lowest BCUT2D eigenvalue weighted by Gasteiger charge is -2.33. The lowest BCUT2D eigenvalue weighted by Crippen LogP contribution is -2.28. The number of nitrogens with zero attached hydrogens (tertiary/aromatic N) is 2. The number of benzene rings is 3. The van der Waals surface area contributed by atoms with Gasteiger partial charge in [0, 0.05) is 5.41 Å². The van der Waals surface area contributed by atoms with E-state index in [1.165, 1.54) is 0 Å². The van der Waals surface area contributed by atoms with E-state index in [1.54, 1.807) is 18.2 Å². The van der Waals surface area contributed by atoms with Crippen LogP contribution in [0.25, 0.3) is 0 Å². The van der Waals surface area contributed by atoms with Gasteiger partial charge in [0.05, 0.1) is 11.1 Å². The maximum atomic E-state index is 10.8. The maximum Gasteiger partial charge on any atom is 0.189 e. The summed E-state index contributed by atoms with van der Waals surface area (Å²) in [6.07, 6.45) is 1.63. The Balaban J connectivity index is 1.66. The summed E-state index contributed by atoms with van der Waals surface area (Å²) >= 11 is 0. The first-order valence-corrected chi connectivity index (χ1v) is 12.4. The van der Waals surface area contributed by atoms with Crippen LogP contribution in [0.3, 0.4) is 0 Å². The minimum absolute atomic E-state index is 0.0751. The molecule has 1 aliphatic heterocycles. The van der Waals surface area contributed by atoms with Gasteiger partial charge >= 0.3 is 0 Å². The normalized spacial score (nSPS) is 21.1. The van der Waals surface area contributed by atoms with Crippen molar-refractivity contribution in [2.75, 3.05) is 0 Å². The summed E-state index contributed by atoms with van der Waals surface area (Å²) in [5.41, 5.74) is 5.80. The molecule has 37 heavy (non-hydrogen) atoms. The van der Waals surface area contributed by atoms with Gasteiger partial charge in [-0.2, -0.15) is 10.5 Å². The third-order valence-corrected chi connectivity index (χ3v) is 8.68. The van der Waals surface area contributed by atoms with Crippen molar-refractivity contribution in [2.24, 2.45) is 0 Å². The highest BCUT2D eigenvalue weighted by molar-refractivity contribution is 5.73. The fourth-order valence-electron chi connectivity index (χ4n) is 7.46. The predicted molar refractivity (Wildman–Crippen MR) is 138 cm³/mol. The Morgan fingerprint density at radius 3 is 1.84 bits per heavy atom. The molecular weight excluding hydrogens is 464 g/mol. The number of aromatic hydroxyl groups is 2. The fraction of sp³-hybridized carbons (Fsp3) is 0.355. The molecule has 1 spiro atoms. The van der Waals surface area contributed by atoms with Crippen molar-refractivity contribution in [1.82, 2.24) is 0 Å². The van der Waals surface area contributed by atoms with Crippen LogP contribution in [0, 0.1) is 36.5 Å². The van der Waals surface area contributed by atoms with Crippen LogP contribution < -0.4 is 9.47 Å². The van der Waals surface area contributed by atoms with Gasteiger partial charge in [-0.25, -0.2) is 0 Å². The molecule has 3 aromatic carbocycles. The molecule has 6 rings (SSSR count). The SMILES string of the molecule is Cc1c(O)c(O)cc2c1C1(CC2(C)C)CC(C)(C)c2cc3c(c(C)c21)Oc1c(C#N)ccc(C#N)c1O3. The molecule has 186 valence electrons. The van der Waals surface area contributed by atoms with Crippen molar-refractivity contribution in [3.05, 3.63) is 68.8 Å². The number of nitriles is 2. The highest BCUT2D eigenvalue weighted by atomic mass is 16.6. The number of ether oxygens (including phenoxy) is 2. The summed E-state index contributed by atoms with van der Waals surface area (Å²) in [6, 6.07) is 11.2. The lowest BCUT2D eigenvalue weighted by atomic mass is 9.70. The van der Waals surface area contributed by atoms with Crippen molar-refractivity contribution < 1.29 is 19.7 Å². The average Bonchev–Trinajstić information content (AvgIpc) is 3.19. The molecule has 0 saturated carbocycles. The highest BCUT2D eigenvalue weighted by Gasteiger charge is 2.58. The molecular formula is C31H28N2O4. The second kappa shape index (κ2) is 6.99. The van der Waals surface area contributed by atoms with Crippen LogP contribution in [0.2, 0.25) is 0 Å². The summed E-state index contributed by atoms with van der Waals surface area (Å²) in [4.78, 5) is 0. The van der Waals surface area contributed by atoms with Gasteiger partial charge in [-0.15, -0.1) is 0 Å². The van der Waals surface area contributed by atoms with Gasteiger partial charge in [-0.05, 0) is 95.2 Å². The monoisotopic (exact) mass is 492 g/mol. The summed E-state index contributed by atoms with van der Waals surface area (Å²) in [6.45, 7) is 12.7. The smallest absolute Gasteiger partial charge is 0.189 e. The van der Waals surface area contributed by atoms with Crippen molar-refractivity contribution in [3.63, 3.8) is 0 Å². The van der Waals surface area contributed by atoms with Crippen molar-refractivity contribution in [2.45, 2.75) is 70.6 Å². The predicted octanol–water partition coefficient (Wildman–Crippen LogP) is 7.00. The van der Waals surface area contributed by atoms with E-state index in [4.69, 9.17) is 9.47 Å². The third-order valence-electron chi connectivity index (χ3n) is 8.68. The molecule has 0 saturated heterocycles. The Hall–Kier alpha value is -4.16. The number of hydrogen-bond donors (Lipinski definition) is 2. The molecule has 1 heterocycles. The zero-order chi connectivity index (χ0) is 26.7. The van der Waals surface area contributed by atoms with Crippen LogP contribution >= 0.6 is 0 Å². The van der Waals surface area contributed by atoms with Crippen LogP contribution in [-0.2, 0) is 16.2 Å². The Kier molecular flexibility index (Phi) is 4.39. The molecule has 0 bridgehead atoms. The van der Waals surface area contributed by atoms with E-state index in [0.717, 1.165) is 40.7 Å². The third kappa shape index (κ3) is 2.79.